The van der Waals surface area contributed by atoms with E-state index in [-0.39, 0.29) is 0 Å². The normalized spacial score (nSPS) is 11.4. The van der Waals surface area contributed by atoms with E-state index in [2.05, 4.69) is 49.4 Å². The minimum atomic E-state index is 0.374. The van der Waals surface area contributed by atoms with E-state index in [1.54, 1.807) is 0 Å². The van der Waals surface area contributed by atoms with Gasteiger partial charge in [-0.1, -0.05) is 12.1 Å². The van der Waals surface area contributed by atoms with Gasteiger partial charge in [-0.3, -0.25) is 4.57 Å². The maximum atomic E-state index is 6.05. The van der Waals surface area contributed by atoms with E-state index in [9.17, 15) is 0 Å². The quantitative estimate of drug-likeness (QED) is 0.500. The van der Waals surface area contributed by atoms with Crippen LogP contribution in [0.1, 0.15) is 11.5 Å². The smallest absolute Gasteiger partial charge is 0.163 e. The number of imidazole rings is 1. The lowest BCUT2D eigenvalue weighted by atomic mass is 10.3. The fourth-order valence-corrected chi connectivity index (χ4v) is 3.10. The Bertz CT molecular complexity index is 759. The van der Waals surface area contributed by atoms with Gasteiger partial charge >= 0.3 is 0 Å². The fourth-order valence-electron chi connectivity index (χ4n) is 2.29. The standard InChI is InChI=1S/C13H12ClIN4/c1-8-12-13(18(2)17-8)19(11(7-14)16-12)10-6-4-3-5-9(10)15/h3-6H,7H2,1-2H3. The third-order valence-corrected chi connectivity index (χ3v) is 4.24. The molecular formula is C13H12ClIN4. The second kappa shape index (κ2) is 4.79. The Morgan fingerprint density at radius 2 is 2.05 bits per heavy atom. The van der Waals surface area contributed by atoms with E-state index in [0.29, 0.717) is 5.88 Å². The van der Waals surface area contributed by atoms with Crippen LogP contribution in [0.15, 0.2) is 24.3 Å². The topological polar surface area (TPSA) is 35.6 Å². The van der Waals surface area contributed by atoms with Crippen LogP contribution in [0.2, 0.25) is 0 Å². The molecule has 0 fully saturated rings. The number of benzene rings is 1. The van der Waals surface area contributed by atoms with E-state index < -0.39 is 0 Å². The maximum absolute atomic E-state index is 6.05. The Morgan fingerprint density at radius 3 is 2.74 bits per heavy atom. The molecule has 0 aliphatic carbocycles. The molecule has 6 heteroatoms. The summed E-state index contributed by atoms with van der Waals surface area (Å²) >= 11 is 8.38. The Kier molecular flexibility index (Phi) is 3.26. The predicted molar refractivity (Wildman–Crippen MR) is 84.8 cm³/mol. The second-order valence-corrected chi connectivity index (χ2v) is 5.76. The molecule has 19 heavy (non-hydrogen) atoms. The van der Waals surface area contributed by atoms with Crippen molar-refractivity contribution in [1.29, 1.82) is 0 Å². The van der Waals surface area contributed by atoms with Crippen LogP contribution in [0.5, 0.6) is 0 Å². The molecule has 0 unspecified atom stereocenters. The summed E-state index contributed by atoms with van der Waals surface area (Å²) < 4.78 is 5.10. The van der Waals surface area contributed by atoms with Crippen LogP contribution in [0, 0.1) is 10.5 Å². The summed E-state index contributed by atoms with van der Waals surface area (Å²) in [5.74, 6) is 1.22. The van der Waals surface area contributed by atoms with Gasteiger partial charge in [-0.15, -0.1) is 11.6 Å². The van der Waals surface area contributed by atoms with Crippen molar-refractivity contribution < 1.29 is 0 Å². The molecule has 0 aliphatic heterocycles. The van der Waals surface area contributed by atoms with Crippen LogP contribution in [0.25, 0.3) is 16.9 Å². The highest BCUT2D eigenvalue weighted by molar-refractivity contribution is 14.1. The lowest BCUT2D eigenvalue weighted by Gasteiger charge is -2.10. The molecule has 4 nitrogen and oxygen atoms in total. The number of rotatable bonds is 2. The lowest BCUT2D eigenvalue weighted by Crippen LogP contribution is -2.05. The van der Waals surface area contributed by atoms with Crippen LogP contribution in [0.3, 0.4) is 0 Å². The molecule has 2 aromatic heterocycles. The highest BCUT2D eigenvalue weighted by Crippen LogP contribution is 2.26. The van der Waals surface area contributed by atoms with Gasteiger partial charge in [0.2, 0.25) is 0 Å². The van der Waals surface area contributed by atoms with Crippen molar-refractivity contribution >= 4 is 45.4 Å². The zero-order valence-electron chi connectivity index (χ0n) is 10.6. The first-order valence-corrected chi connectivity index (χ1v) is 7.46. The van der Waals surface area contributed by atoms with Crippen LogP contribution >= 0.6 is 34.2 Å². The van der Waals surface area contributed by atoms with Crippen LogP contribution in [-0.2, 0) is 12.9 Å². The Balaban J connectivity index is 2.42. The molecule has 3 aromatic rings. The first-order valence-electron chi connectivity index (χ1n) is 5.85. The third kappa shape index (κ3) is 1.95. The van der Waals surface area contributed by atoms with Crippen molar-refractivity contribution in [3.63, 3.8) is 0 Å². The van der Waals surface area contributed by atoms with Crippen LogP contribution in [-0.4, -0.2) is 19.3 Å². The number of alkyl halides is 1. The molecule has 0 radical (unpaired) electrons. The van der Waals surface area contributed by atoms with E-state index >= 15 is 0 Å². The molecule has 2 heterocycles. The minimum Gasteiger partial charge on any atom is -0.279 e. The summed E-state index contributed by atoms with van der Waals surface area (Å²) in [5, 5.41) is 4.43. The number of para-hydroxylation sites is 1. The molecule has 0 saturated heterocycles. The summed E-state index contributed by atoms with van der Waals surface area (Å²) in [7, 11) is 1.93. The zero-order valence-corrected chi connectivity index (χ0v) is 13.5. The van der Waals surface area contributed by atoms with Crippen molar-refractivity contribution in [2.45, 2.75) is 12.8 Å². The lowest BCUT2D eigenvalue weighted by molar-refractivity contribution is 0.754. The van der Waals surface area contributed by atoms with Gasteiger partial charge in [0, 0.05) is 10.6 Å². The first kappa shape index (κ1) is 12.9. The number of hydrogen-bond acceptors (Lipinski definition) is 2. The van der Waals surface area contributed by atoms with Gasteiger partial charge in [-0.25, -0.2) is 9.67 Å². The summed E-state index contributed by atoms with van der Waals surface area (Å²) in [6.45, 7) is 1.97. The summed E-state index contributed by atoms with van der Waals surface area (Å²) in [6.07, 6.45) is 0. The van der Waals surface area contributed by atoms with Crippen molar-refractivity contribution in [3.8, 4) is 5.69 Å². The molecule has 0 atom stereocenters. The van der Waals surface area contributed by atoms with Gasteiger partial charge < -0.3 is 0 Å². The fraction of sp³-hybridized carbons (Fsp3) is 0.231. The largest absolute Gasteiger partial charge is 0.279 e. The molecule has 98 valence electrons. The van der Waals surface area contributed by atoms with Gasteiger partial charge in [0.25, 0.3) is 0 Å². The van der Waals surface area contributed by atoms with Gasteiger partial charge in [0.1, 0.15) is 11.3 Å². The Morgan fingerprint density at radius 1 is 1.32 bits per heavy atom. The van der Waals surface area contributed by atoms with Gasteiger partial charge in [0.15, 0.2) is 5.65 Å². The Labute approximate surface area is 129 Å². The molecular weight excluding hydrogens is 375 g/mol. The number of hydrogen-bond donors (Lipinski definition) is 0. The highest BCUT2D eigenvalue weighted by atomic mass is 127. The first-order chi connectivity index (χ1) is 9.13. The minimum absolute atomic E-state index is 0.374. The number of fused-ring (bicyclic) bond motifs is 1. The van der Waals surface area contributed by atoms with Gasteiger partial charge in [0.05, 0.1) is 17.3 Å². The molecule has 0 aliphatic rings. The molecule has 0 N–H and O–H groups in total. The number of nitrogens with zero attached hydrogens (tertiary/aromatic N) is 4. The zero-order chi connectivity index (χ0) is 13.6. The highest BCUT2D eigenvalue weighted by Gasteiger charge is 2.18. The van der Waals surface area contributed by atoms with Crippen molar-refractivity contribution in [2.24, 2.45) is 7.05 Å². The number of aryl methyl sites for hydroxylation is 2. The van der Waals surface area contributed by atoms with E-state index in [0.717, 1.165) is 31.9 Å². The molecule has 0 bridgehead atoms. The predicted octanol–water partition coefficient (Wildman–Crippen LogP) is 3.41. The molecule has 0 saturated carbocycles. The summed E-state index contributed by atoms with van der Waals surface area (Å²) in [5.41, 5.74) is 3.91. The average molecular weight is 387 g/mol. The molecule has 0 spiro atoms. The second-order valence-electron chi connectivity index (χ2n) is 4.33. The van der Waals surface area contributed by atoms with Crippen LogP contribution in [0.4, 0.5) is 0 Å². The molecule has 0 amide bonds. The van der Waals surface area contributed by atoms with Crippen molar-refractivity contribution in [1.82, 2.24) is 19.3 Å². The Hall–Kier alpha value is -1.08. The van der Waals surface area contributed by atoms with Gasteiger partial charge in [-0.2, -0.15) is 5.10 Å². The van der Waals surface area contributed by atoms with Crippen molar-refractivity contribution in [2.75, 3.05) is 0 Å². The maximum Gasteiger partial charge on any atom is 0.163 e. The van der Waals surface area contributed by atoms with E-state index in [4.69, 9.17) is 11.6 Å². The van der Waals surface area contributed by atoms with Crippen molar-refractivity contribution in [3.05, 3.63) is 39.4 Å². The van der Waals surface area contributed by atoms with E-state index in [1.807, 2.05) is 30.8 Å². The monoisotopic (exact) mass is 386 g/mol. The third-order valence-electron chi connectivity index (χ3n) is 3.08. The summed E-state index contributed by atoms with van der Waals surface area (Å²) in [4.78, 5) is 4.61. The number of aromatic nitrogens is 4. The SMILES string of the molecule is Cc1nn(C)c2c1nc(CCl)n2-c1ccccc1I. The van der Waals surface area contributed by atoms with Crippen LogP contribution < -0.4 is 0 Å². The van der Waals surface area contributed by atoms with Gasteiger partial charge in [-0.05, 0) is 41.6 Å². The summed E-state index contributed by atoms with van der Waals surface area (Å²) in [6, 6.07) is 8.18. The molecule has 3 rings (SSSR count). The average Bonchev–Trinajstić information content (AvgIpc) is 2.89. The molecule has 1 aromatic carbocycles. The number of halogens is 2. The van der Waals surface area contributed by atoms with E-state index in [1.165, 1.54) is 0 Å².